The summed E-state index contributed by atoms with van der Waals surface area (Å²) in [5, 5.41) is 3.32. The molecule has 1 aromatic carbocycles. The van der Waals surface area contributed by atoms with Crippen molar-refractivity contribution in [2.45, 2.75) is 26.3 Å². The minimum absolute atomic E-state index is 0.740. The van der Waals surface area contributed by atoms with Gasteiger partial charge in [0.05, 0.1) is 6.61 Å². The Morgan fingerprint density at radius 3 is 2.72 bits per heavy atom. The van der Waals surface area contributed by atoms with E-state index in [0.29, 0.717) is 0 Å². The van der Waals surface area contributed by atoms with Crippen LogP contribution in [-0.2, 0) is 11.3 Å². The first kappa shape index (κ1) is 15.5. The van der Waals surface area contributed by atoms with E-state index in [0.717, 1.165) is 49.4 Å². The molecule has 0 saturated heterocycles. The largest absolute Gasteiger partial charge is 0.493 e. The van der Waals surface area contributed by atoms with E-state index in [2.05, 4.69) is 34.2 Å². The summed E-state index contributed by atoms with van der Waals surface area (Å²) in [5.74, 6) is 0.969. The van der Waals surface area contributed by atoms with Crippen LogP contribution in [0.3, 0.4) is 0 Å². The second-order valence-electron chi connectivity index (χ2n) is 4.08. The second kappa shape index (κ2) is 9.36. The Kier molecular flexibility index (Phi) is 8.05. The van der Waals surface area contributed by atoms with E-state index < -0.39 is 0 Å². The van der Waals surface area contributed by atoms with Crippen molar-refractivity contribution in [3.63, 3.8) is 0 Å². The van der Waals surface area contributed by atoms with E-state index >= 15 is 0 Å². The molecule has 0 aliphatic carbocycles. The second-order valence-corrected chi connectivity index (χ2v) is 5.00. The smallest absolute Gasteiger partial charge is 0.123 e. The predicted molar refractivity (Wildman–Crippen MR) is 78.1 cm³/mol. The van der Waals surface area contributed by atoms with E-state index in [1.165, 1.54) is 5.56 Å². The summed E-state index contributed by atoms with van der Waals surface area (Å²) in [7, 11) is 1.73. The van der Waals surface area contributed by atoms with Crippen LogP contribution in [0.15, 0.2) is 22.7 Å². The van der Waals surface area contributed by atoms with Crippen molar-refractivity contribution in [1.82, 2.24) is 5.32 Å². The number of ether oxygens (including phenoxy) is 2. The van der Waals surface area contributed by atoms with Gasteiger partial charge in [0.15, 0.2) is 0 Å². The number of benzene rings is 1. The summed E-state index contributed by atoms with van der Waals surface area (Å²) in [6.45, 7) is 5.43. The molecule has 0 saturated carbocycles. The molecule has 0 fully saturated rings. The molecule has 1 rings (SSSR count). The zero-order valence-corrected chi connectivity index (χ0v) is 12.8. The first-order chi connectivity index (χ1) is 8.77. The van der Waals surface area contributed by atoms with E-state index in [1.54, 1.807) is 7.11 Å². The Morgan fingerprint density at radius 2 is 2.00 bits per heavy atom. The molecule has 0 radical (unpaired) electrons. The van der Waals surface area contributed by atoms with Crippen molar-refractivity contribution >= 4 is 15.9 Å². The molecule has 0 aromatic heterocycles. The van der Waals surface area contributed by atoms with Crippen molar-refractivity contribution in [1.29, 1.82) is 0 Å². The van der Waals surface area contributed by atoms with Crippen LogP contribution in [0.1, 0.15) is 25.3 Å². The van der Waals surface area contributed by atoms with Crippen LogP contribution in [0.4, 0.5) is 0 Å². The fourth-order valence-electron chi connectivity index (χ4n) is 1.62. The Hall–Kier alpha value is -0.580. The Bertz CT molecular complexity index is 345. The number of halogens is 1. The highest BCUT2D eigenvalue weighted by molar-refractivity contribution is 9.10. The molecule has 4 heteroatoms. The molecule has 0 aliphatic heterocycles. The molecule has 0 aliphatic rings. The molecule has 0 heterocycles. The van der Waals surface area contributed by atoms with Gasteiger partial charge in [-0.05, 0) is 37.6 Å². The van der Waals surface area contributed by atoms with Gasteiger partial charge < -0.3 is 14.8 Å². The molecular formula is C14H22BrNO2. The normalized spacial score (nSPS) is 10.6. The van der Waals surface area contributed by atoms with Crippen molar-refractivity contribution in [2.75, 3.05) is 26.9 Å². The van der Waals surface area contributed by atoms with Gasteiger partial charge in [0.25, 0.3) is 0 Å². The number of nitrogens with one attached hydrogen (secondary N) is 1. The number of hydrogen-bond donors (Lipinski definition) is 1. The topological polar surface area (TPSA) is 30.5 Å². The van der Waals surface area contributed by atoms with Crippen LogP contribution in [0.5, 0.6) is 5.75 Å². The molecule has 0 atom stereocenters. The third-order valence-electron chi connectivity index (χ3n) is 2.59. The molecular weight excluding hydrogens is 294 g/mol. The Balaban J connectivity index is 2.47. The molecule has 0 bridgehead atoms. The number of methoxy groups -OCH3 is 1. The maximum atomic E-state index is 5.82. The molecule has 1 N–H and O–H groups in total. The summed E-state index contributed by atoms with van der Waals surface area (Å²) in [6.07, 6.45) is 2.06. The van der Waals surface area contributed by atoms with Crippen LogP contribution < -0.4 is 10.1 Å². The summed E-state index contributed by atoms with van der Waals surface area (Å²) in [6, 6.07) is 6.14. The summed E-state index contributed by atoms with van der Waals surface area (Å²) in [5.41, 5.74) is 1.19. The van der Waals surface area contributed by atoms with Gasteiger partial charge in [0, 0.05) is 30.3 Å². The summed E-state index contributed by atoms with van der Waals surface area (Å²) in [4.78, 5) is 0. The molecule has 0 spiro atoms. The first-order valence-corrected chi connectivity index (χ1v) is 7.18. The van der Waals surface area contributed by atoms with Crippen LogP contribution >= 0.6 is 15.9 Å². The highest BCUT2D eigenvalue weighted by Gasteiger charge is 2.04. The average Bonchev–Trinajstić information content (AvgIpc) is 2.38. The molecule has 0 unspecified atom stereocenters. The predicted octanol–water partition coefficient (Wildman–Crippen LogP) is 3.36. The Morgan fingerprint density at radius 1 is 1.22 bits per heavy atom. The van der Waals surface area contributed by atoms with E-state index in [-0.39, 0.29) is 0 Å². The highest BCUT2D eigenvalue weighted by Crippen LogP contribution is 2.23. The maximum absolute atomic E-state index is 5.82. The van der Waals surface area contributed by atoms with Crippen LogP contribution in [0, 0.1) is 0 Å². The highest BCUT2D eigenvalue weighted by atomic mass is 79.9. The summed E-state index contributed by atoms with van der Waals surface area (Å²) >= 11 is 3.49. The lowest BCUT2D eigenvalue weighted by atomic mass is 10.2. The number of unbranched alkanes of at least 4 members (excludes halogenated alkanes) is 1. The lowest BCUT2D eigenvalue weighted by Crippen LogP contribution is -2.13. The van der Waals surface area contributed by atoms with Gasteiger partial charge in [-0.1, -0.05) is 22.9 Å². The lowest BCUT2D eigenvalue weighted by molar-refractivity contribution is 0.184. The minimum atomic E-state index is 0.740. The molecule has 0 amide bonds. The third kappa shape index (κ3) is 5.85. The van der Waals surface area contributed by atoms with Crippen molar-refractivity contribution < 1.29 is 9.47 Å². The van der Waals surface area contributed by atoms with Gasteiger partial charge >= 0.3 is 0 Å². The standard InChI is InChI=1S/C14H22BrNO2/c1-3-16-11-12-10-13(15)6-7-14(12)18-9-5-4-8-17-2/h6-7,10,16H,3-5,8-9,11H2,1-2H3. The number of hydrogen-bond acceptors (Lipinski definition) is 3. The SMILES string of the molecule is CCNCc1cc(Br)ccc1OCCCCOC. The fourth-order valence-corrected chi connectivity index (χ4v) is 2.03. The van der Waals surface area contributed by atoms with Gasteiger partial charge in [-0.3, -0.25) is 0 Å². The van der Waals surface area contributed by atoms with Crippen molar-refractivity contribution in [3.05, 3.63) is 28.2 Å². The number of rotatable bonds is 9. The minimum Gasteiger partial charge on any atom is -0.493 e. The van der Waals surface area contributed by atoms with Gasteiger partial charge in [0.1, 0.15) is 5.75 Å². The van der Waals surface area contributed by atoms with Gasteiger partial charge in [-0.25, -0.2) is 0 Å². The zero-order valence-electron chi connectivity index (χ0n) is 11.2. The molecule has 3 nitrogen and oxygen atoms in total. The fraction of sp³-hybridized carbons (Fsp3) is 0.571. The first-order valence-electron chi connectivity index (χ1n) is 6.38. The van der Waals surface area contributed by atoms with Crippen molar-refractivity contribution in [2.24, 2.45) is 0 Å². The van der Waals surface area contributed by atoms with E-state index in [9.17, 15) is 0 Å². The molecule has 1 aromatic rings. The molecule has 102 valence electrons. The quantitative estimate of drug-likeness (QED) is 0.709. The van der Waals surface area contributed by atoms with Crippen molar-refractivity contribution in [3.8, 4) is 5.75 Å². The average molecular weight is 316 g/mol. The van der Waals surface area contributed by atoms with Crippen LogP contribution in [-0.4, -0.2) is 26.9 Å². The van der Waals surface area contributed by atoms with Crippen LogP contribution in [0.2, 0.25) is 0 Å². The van der Waals surface area contributed by atoms with Gasteiger partial charge in [0.2, 0.25) is 0 Å². The third-order valence-corrected chi connectivity index (χ3v) is 3.08. The molecule has 18 heavy (non-hydrogen) atoms. The Labute approximate surface area is 118 Å². The van der Waals surface area contributed by atoms with E-state index in [4.69, 9.17) is 9.47 Å². The van der Waals surface area contributed by atoms with E-state index in [1.807, 2.05) is 12.1 Å². The summed E-state index contributed by atoms with van der Waals surface area (Å²) < 4.78 is 11.9. The van der Waals surface area contributed by atoms with Crippen LogP contribution in [0.25, 0.3) is 0 Å². The van der Waals surface area contributed by atoms with Gasteiger partial charge in [-0.15, -0.1) is 0 Å². The lowest BCUT2D eigenvalue weighted by Gasteiger charge is -2.12. The maximum Gasteiger partial charge on any atom is 0.123 e. The monoisotopic (exact) mass is 315 g/mol. The zero-order chi connectivity index (χ0) is 13.2. The van der Waals surface area contributed by atoms with Gasteiger partial charge in [-0.2, -0.15) is 0 Å².